The number of anilines is 2. The van der Waals surface area contributed by atoms with Gasteiger partial charge in [-0.2, -0.15) is 0 Å². The molecule has 2 aliphatic heterocycles. The van der Waals surface area contributed by atoms with Gasteiger partial charge in [0.1, 0.15) is 5.75 Å². The van der Waals surface area contributed by atoms with E-state index in [0.717, 1.165) is 12.2 Å². The van der Waals surface area contributed by atoms with Crippen molar-refractivity contribution in [3.63, 3.8) is 0 Å². The highest BCUT2D eigenvalue weighted by Gasteiger charge is 2.45. The summed E-state index contributed by atoms with van der Waals surface area (Å²) in [5.41, 5.74) is 6.91. The molecular weight excluding hydrogens is 318 g/mol. The molecule has 2 nitrogen and oxygen atoms in total. The van der Waals surface area contributed by atoms with Gasteiger partial charge in [-0.05, 0) is 47.2 Å². The van der Waals surface area contributed by atoms with Crippen molar-refractivity contribution in [2.24, 2.45) is 0 Å². The monoisotopic (exact) mass is 341 g/mol. The summed E-state index contributed by atoms with van der Waals surface area (Å²) >= 11 is 0. The van der Waals surface area contributed by atoms with Crippen molar-refractivity contribution in [1.82, 2.24) is 0 Å². The zero-order valence-corrected chi connectivity index (χ0v) is 15.2. The van der Waals surface area contributed by atoms with Crippen molar-refractivity contribution in [3.05, 3.63) is 89.5 Å². The number of benzene rings is 3. The Balaban J connectivity index is 1.74. The number of rotatable bonds is 2. The molecule has 0 spiro atoms. The second-order valence-electron chi connectivity index (χ2n) is 7.39. The Kier molecular flexibility index (Phi) is 3.53. The van der Waals surface area contributed by atoms with Crippen LogP contribution >= 0.6 is 0 Å². The van der Waals surface area contributed by atoms with Crippen molar-refractivity contribution in [3.8, 4) is 5.75 Å². The van der Waals surface area contributed by atoms with Crippen LogP contribution in [-0.4, -0.2) is 13.2 Å². The Labute approximate surface area is 155 Å². The number of fused-ring (bicyclic) bond motifs is 5. The van der Waals surface area contributed by atoms with Crippen LogP contribution < -0.4 is 9.64 Å². The Hall–Kier alpha value is -2.74. The summed E-state index contributed by atoms with van der Waals surface area (Å²) in [7, 11) is 1.78. The van der Waals surface area contributed by atoms with Gasteiger partial charge in [-0.1, -0.05) is 61.5 Å². The molecule has 3 atom stereocenters. The lowest BCUT2D eigenvalue weighted by molar-refractivity contribution is 0.386. The van der Waals surface area contributed by atoms with E-state index in [4.69, 9.17) is 4.74 Å². The highest BCUT2D eigenvalue weighted by atomic mass is 16.5. The zero-order chi connectivity index (χ0) is 17.7. The summed E-state index contributed by atoms with van der Waals surface area (Å²) in [5, 5.41) is 0. The molecule has 0 fully saturated rings. The van der Waals surface area contributed by atoms with Crippen LogP contribution in [-0.2, 0) is 6.42 Å². The largest absolute Gasteiger partial charge is 0.496 e. The van der Waals surface area contributed by atoms with E-state index in [-0.39, 0.29) is 0 Å². The molecule has 0 bridgehead atoms. The predicted molar refractivity (Wildman–Crippen MR) is 107 cm³/mol. The lowest BCUT2D eigenvalue weighted by Gasteiger charge is -2.44. The SMILES string of the molecule is COc1ccccc1C1C(C)c2ccccc2N2c3ccccc3CC12. The van der Waals surface area contributed by atoms with E-state index in [1.165, 1.54) is 28.1 Å². The van der Waals surface area contributed by atoms with Gasteiger partial charge in [-0.25, -0.2) is 0 Å². The van der Waals surface area contributed by atoms with Gasteiger partial charge in [0.05, 0.1) is 7.11 Å². The van der Waals surface area contributed by atoms with Gasteiger partial charge >= 0.3 is 0 Å². The number of ether oxygens (including phenoxy) is 1. The van der Waals surface area contributed by atoms with E-state index in [1.54, 1.807) is 7.11 Å². The highest BCUT2D eigenvalue weighted by molar-refractivity contribution is 5.76. The summed E-state index contributed by atoms with van der Waals surface area (Å²) in [6.45, 7) is 2.37. The zero-order valence-electron chi connectivity index (χ0n) is 15.2. The lowest BCUT2D eigenvalue weighted by atomic mass is 9.73. The number of nitrogens with zero attached hydrogens (tertiary/aromatic N) is 1. The van der Waals surface area contributed by atoms with Crippen molar-refractivity contribution >= 4 is 11.4 Å². The smallest absolute Gasteiger partial charge is 0.122 e. The molecule has 0 saturated heterocycles. The first kappa shape index (κ1) is 15.5. The van der Waals surface area contributed by atoms with Gasteiger partial charge in [0.2, 0.25) is 0 Å². The van der Waals surface area contributed by atoms with Crippen LogP contribution in [0.4, 0.5) is 11.4 Å². The minimum atomic E-state index is 0.397. The number of hydrogen-bond donors (Lipinski definition) is 0. The molecule has 3 aromatic rings. The highest BCUT2D eigenvalue weighted by Crippen LogP contribution is 2.55. The molecule has 2 aliphatic rings. The third-order valence-electron chi connectivity index (χ3n) is 6.15. The second kappa shape index (κ2) is 5.91. The van der Waals surface area contributed by atoms with Crippen LogP contribution in [0.1, 0.15) is 35.4 Å². The molecule has 130 valence electrons. The summed E-state index contributed by atoms with van der Waals surface area (Å²) in [5.74, 6) is 1.84. The van der Waals surface area contributed by atoms with Crippen LogP contribution in [0.3, 0.4) is 0 Å². The summed E-state index contributed by atoms with van der Waals surface area (Å²) in [6.07, 6.45) is 1.08. The first-order chi connectivity index (χ1) is 12.8. The maximum atomic E-state index is 5.74. The number of methoxy groups -OCH3 is 1. The molecule has 26 heavy (non-hydrogen) atoms. The third-order valence-corrected chi connectivity index (χ3v) is 6.15. The predicted octanol–water partition coefficient (Wildman–Crippen LogP) is 5.66. The normalized spacial score (nSPS) is 23.2. The fourth-order valence-electron chi connectivity index (χ4n) is 5.05. The molecule has 5 rings (SSSR count). The molecule has 3 unspecified atom stereocenters. The van der Waals surface area contributed by atoms with E-state index < -0.39 is 0 Å². The summed E-state index contributed by atoms with van der Waals surface area (Å²) in [6, 6.07) is 26.7. The molecule has 2 heterocycles. The van der Waals surface area contributed by atoms with E-state index >= 15 is 0 Å². The fourth-order valence-corrected chi connectivity index (χ4v) is 5.05. The van der Waals surface area contributed by atoms with E-state index in [1.807, 2.05) is 0 Å². The van der Waals surface area contributed by atoms with Crippen LogP contribution in [0.5, 0.6) is 5.75 Å². The van der Waals surface area contributed by atoms with E-state index in [0.29, 0.717) is 17.9 Å². The topological polar surface area (TPSA) is 12.5 Å². The van der Waals surface area contributed by atoms with Gasteiger partial charge in [-0.15, -0.1) is 0 Å². The first-order valence-corrected chi connectivity index (χ1v) is 9.38. The number of hydrogen-bond acceptors (Lipinski definition) is 2. The Bertz CT molecular complexity index is 964. The Morgan fingerprint density at radius 2 is 1.46 bits per heavy atom. The standard InChI is InChI=1S/C24H23NO/c1-16-18-10-4-7-13-21(18)25-20-12-6-3-9-17(20)15-22(25)24(16)19-11-5-8-14-23(19)26-2/h3-14,16,22,24H,15H2,1-2H3. The summed E-state index contributed by atoms with van der Waals surface area (Å²) in [4.78, 5) is 2.57. The average molecular weight is 341 g/mol. The van der Waals surface area contributed by atoms with Crippen molar-refractivity contribution in [2.75, 3.05) is 12.0 Å². The molecule has 0 amide bonds. The Morgan fingerprint density at radius 3 is 2.27 bits per heavy atom. The van der Waals surface area contributed by atoms with Crippen molar-refractivity contribution in [1.29, 1.82) is 0 Å². The molecule has 0 aromatic heterocycles. The average Bonchev–Trinajstić information content (AvgIpc) is 3.08. The van der Waals surface area contributed by atoms with Crippen molar-refractivity contribution < 1.29 is 4.74 Å². The summed E-state index contributed by atoms with van der Waals surface area (Å²) < 4.78 is 5.74. The van der Waals surface area contributed by atoms with E-state index in [9.17, 15) is 0 Å². The van der Waals surface area contributed by atoms with Gasteiger partial charge < -0.3 is 9.64 Å². The minimum absolute atomic E-state index is 0.397. The van der Waals surface area contributed by atoms with Crippen LogP contribution in [0.25, 0.3) is 0 Å². The third kappa shape index (κ3) is 2.11. The lowest BCUT2D eigenvalue weighted by Crippen LogP contribution is -2.40. The van der Waals surface area contributed by atoms with Crippen LogP contribution in [0.15, 0.2) is 72.8 Å². The van der Waals surface area contributed by atoms with Crippen molar-refractivity contribution in [2.45, 2.75) is 31.2 Å². The molecular formula is C24H23NO. The van der Waals surface area contributed by atoms with Gasteiger partial charge in [0.15, 0.2) is 0 Å². The Morgan fingerprint density at radius 1 is 0.808 bits per heavy atom. The molecule has 0 aliphatic carbocycles. The van der Waals surface area contributed by atoms with Gasteiger partial charge in [-0.3, -0.25) is 0 Å². The van der Waals surface area contributed by atoms with Gasteiger partial charge in [0, 0.05) is 23.3 Å². The molecule has 0 radical (unpaired) electrons. The maximum Gasteiger partial charge on any atom is 0.122 e. The number of para-hydroxylation sites is 3. The molecule has 0 N–H and O–H groups in total. The molecule has 2 heteroatoms. The maximum absolute atomic E-state index is 5.74. The van der Waals surface area contributed by atoms with Gasteiger partial charge in [0.25, 0.3) is 0 Å². The van der Waals surface area contributed by atoms with Crippen LogP contribution in [0.2, 0.25) is 0 Å². The first-order valence-electron chi connectivity index (χ1n) is 9.38. The van der Waals surface area contributed by atoms with E-state index in [2.05, 4.69) is 84.6 Å². The minimum Gasteiger partial charge on any atom is -0.496 e. The quantitative estimate of drug-likeness (QED) is 0.596. The second-order valence-corrected chi connectivity index (χ2v) is 7.39. The molecule has 0 saturated carbocycles. The fraction of sp³-hybridized carbons (Fsp3) is 0.250. The molecule has 3 aromatic carbocycles. The van der Waals surface area contributed by atoms with Crippen LogP contribution in [0, 0.1) is 0 Å².